The Balaban J connectivity index is 0.923. The van der Waals surface area contributed by atoms with Gasteiger partial charge in [-0.15, -0.1) is 0 Å². The lowest BCUT2D eigenvalue weighted by Crippen LogP contribution is -2.56. The fourth-order valence-electron chi connectivity index (χ4n) is 12.7. The maximum Gasteiger partial charge on any atom is 0.254 e. The zero-order chi connectivity index (χ0) is 48.7. The number of Topliss-reactive ketones (excluding diaryl/α,β-unsaturated/α-hetero) is 1. The molecule has 3 heterocycles. The van der Waals surface area contributed by atoms with Gasteiger partial charge in [0, 0.05) is 86.8 Å². The number of ketones is 1. The van der Waals surface area contributed by atoms with Crippen molar-refractivity contribution in [2.45, 2.75) is 137 Å². The third-order valence-electron chi connectivity index (χ3n) is 15.7. The molecular weight excluding hydrogens is 851 g/mol. The van der Waals surface area contributed by atoms with Crippen molar-refractivity contribution in [1.82, 2.24) is 15.1 Å². The van der Waals surface area contributed by atoms with E-state index in [9.17, 15) is 19.5 Å². The van der Waals surface area contributed by atoms with Gasteiger partial charge in [-0.3, -0.25) is 19.3 Å². The van der Waals surface area contributed by atoms with Gasteiger partial charge in [-0.1, -0.05) is 71.9 Å². The van der Waals surface area contributed by atoms with Crippen LogP contribution in [0.2, 0.25) is 0 Å². The number of rotatable bonds is 17. The Kier molecular flexibility index (Phi) is 14.5. The Morgan fingerprint density at radius 1 is 0.956 bits per heavy atom. The van der Waals surface area contributed by atoms with Gasteiger partial charge in [-0.25, -0.2) is 0 Å². The highest BCUT2D eigenvalue weighted by atomic mass is 16.5. The van der Waals surface area contributed by atoms with Crippen LogP contribution in [-0.4, -0.2) is 116 Å². The van der Waals surface area contributed by atoms with E-state index >= 15 is 0 Å². The lowest BCUT2D eigenvalue weighted by molar-refractivity contribution is -0.121. The van der Waals surface area contributed by atoms with E-state index in [1.807, 2.05) is 33.0 Å². The zero-order valence-electron chi connectivity index (χ0n) is 42.5. The summed E-state index contributed by atoms with van der Waals surface area (Å²) >= 11 is 0. The molecule has 3 N–H and O–H groups in total. The largest absolute Gasteiger partial charge is 0.511 e. The van der Waals surface area contributed by atoms with Crippen molar-refractivity contribution in [3.63, 3.8) is 0 Å². The van der Waals surface area contributed by atoms with Gasteiger partial charge in [0.25, 0.3) is 5.91 Å². The normalized spacial score (nSPS) is 22.4. The number of carbonyl (C=O) groups excluding carboxylic acids is 3. The highest BCUT2D eigenvalue weighted by Gasteiger charge is 2.48. The molecule has 2 aromatic rings. The number of likely N-dealkylation sites (tertiary alicyclic amines) is 1. The first-order valence-corrected chi connectivity index (χ1v) is 25.5. The van der Waals surface area contributed by atoms with Gasteiger partial charge in [0.15, 0.2) is 5.78 Å². The lowest BCUT2D eigenvalue weighted by Gasteiger charge is -2.53. The van der Waals surface area contributed by atoms with E-state index in [2.05, 4.69) is 87.0 Å². The number of aryl methyl sites for hydroxylation is 1. The van der Waals surface area contributed by atoms with Gasteiger partial charge >= 0.3 is 0 Å². The third-order valence-corrected chi connectivity index (χ3v) is 15.7. The van der Waals surface area contributed by atoms with Gasteiger partial charge in [-0.05, 0) is 132 Å². The molecule has 2 unspecified atom stereocenters. The second-order valence-electron chi connectivity index (χ2n) is 22.2. The van der Waals surface area contributed by atoms with E-state index in [0.29, 0.717) is 63.7 Å². The Bertz CT molecular complexity index is 2470. The molecule has 0 bridgehead atoms. The number of amides is 2. The van der Waals surface area contributed by atoms with E-state index in [1.54, 1.807) is 4.90 Å². The minimum Gasteiger partial charge on any atom is -0.511 e. The average molecular weight is 928 g/mol. The molecule has 68 heavy (non-hydrogen) atoms. The van der Waals surface area contributed by atoms with Crippen LogP contribution >= 0.6 is 0 Å². The summed E-state index contributed by atoms with van der Waals surface area (Å²) in [6, 6.07) is 10.9. The van der Waals surface area contributed by atoms with Crippen molar-refractivity contribution in [3.05, 3.63) is 104 Å². The quantitative estimate of drug-likeness (QED) is 0.106. The van der Waals surface area contributed by atoms with Crippen molar-refractivity contribution in [2.24, 2.45) is 11.3 Å². The van der Waals surface area contributed by atoms with Crippen LogP contribution in [0.3, 0.4) is 0 Å². The van der Waals surface area contributed by atoms with Crippen LogP contribution in [0.1, 0.15) is 145 Å². The molecule has 1 saturated heterocycles. The zero-order valence-corrected chi connectivity index (χ0v) is 42.5. The highest BCUT2D eigenvalue weighted by Crippen LogP contribution is 2.57. The van der Waals surface area contributed by atoms with Gasteiger partial charge in [0.05, 0.1) is 38.0 Å². The van der Waals surface area contributed by atoms with Crippen molar-refractivity contribution in [3.8, 4) is 0 Å². The predicted molar refractivity (Wildman–Crippen MR) is 272 cm³/mol. The van der Waals surface area contributed by atoms with Crippen LogP contribution in [0.15, 0.2) is 70.5 Å². The Morgan fingerprint density at radius 3 is 2.41 bits per heavy atom. The SMILES string of the molecule is CCN1C2C=C3C(=C(c4ccccc4C(=O)N(C)CCCC(=O)NCCOCCOCCC(=N)C4=C(O)CC(C)(C)CC4=O)c4cc5c6c(c4C3(C)C)CCCN6CCC5)C=C2C(C)CC1(C)C. The van der Waals surface area contributed by atoms with E-state index in [0.717, 1.165) is 57.3 Å². The summed E-state index contributed by atoms with van der Waals surface area (Å²) in [4.78, 5) is 47.2. The first kappa shape index (κ1) is 49.6. The molecule has 8 rings (SSSR count). The summed E-state index contributed by atoms with van der Waals surface area (Å²) in [5.74, 6) is 0.0947. The van der Waals surface area contributed by atoms with Crippen LogP contribution < -0.4 is 10.2 Å². The monoisotopic (exact) mass is 928 g/mol. The smallest absolute Gasteiger partial charge is 0.254 e. The number of anilines is 1. The number of likely N-dealkylation sites (N-methyl/N-ethyl adjacent to an activating group) is 1. The molecule has 2 amide bonds. The van der Waals surface area contributed by atoms with Gasteiger partial charge in [-0.2, -0.15) is 0 Å². The number of hydrogen-bond acceptors (Lipinski definition) is 9. The highest BCUT2D eigenvalue weighted by molar-refractivity contribution is 6.22. The van der Waals surface area contributed by atoms with Crippen LogP contribution in [-0.2, 0) is 37.3 Å². The number of fused-ring (bicyclic) bond motifs is 4. The first-order chi connectivity index (χ1) is 32.3. The number of aliphatic hydroxyl groups excluding tert-OH is 1. The second kappa shape index (κ2) is 19.9. The van der Waals surface area contributed by atoms with Crippen molar-refractivity contribution >= 4 is 34.6 Å². The van der Waals surface area contributed by atoms with E-state index in [1.165, 1.54) is 50.2 Å². The number of benzene rings is 2. The molecular formula is C57H77N5O6. The summed E-state index contributed by atoms with van der Waals surface area (Å²) in [5.41, 5.74) is 13.9. The van der Waals surface area contributed by atoms with Gasteiger partial charge < -0.3 is 35.1 Å². The van der Waals surface area contributed by atoms with Crippen LogP contribution in [0.4, 0.5) is 5.69 Å². The molecule has 6 aliphatic rings. The molecule has 0 aromatic heterocycles. The Labute approximate surface area is 405 Å². The number of nitrogens with zero attached hydrogens (tertiary/aromatic N) is 3. The molecule has 0 spiro atoms. The molecule has 3 aliphatic heterocycles. The third kappa shape index (κ3) is 9.69. The maximum atomic E-state index is 14.7. The average Bonchev–Trinajstić information content (AvgIpc) is 3.27. The minimum atomic E-state index is -0.299. The topological polar surface area (TPSA) is 136 Å². The summed E-state index contributed by atoms with van der Waals surface area (Å²) in [5, 5.41) is 21.6. The maximum absolute atomic E-state index is 14.7. The molecule has 0 radical (unpaired) electrons. The standard InChI is InChI=1S/C57H77N5O6/c1-10-62-46-32-44-42(31-41(46)36(2)33-56(62,5)6)50(43-30-37-16-13-24-61-25-14-19-40(53(37)61)52(43)57(44,7)8)38-17-11-12-18-39(38)54(66)60(9)23-15-20-49(65)59-22-27-68-29-28-67-26-21-45(58)51-47(63)34-55(3,4)35-48(51)64/h11-12,17-18,30-32,36,46,58,63H,10,13-16,19-29,33-35H2,1-9H3,(H,59,65). The number of allylic oxidation sites excluding steroid dienone is 5. The summed E-state index contributed by atoms with van der Waals surface area (Å²) in [7, 11) is 1.85. The lowest BCUT2D eigenvalue weighted by atomic mass is 9.59. The molecule has 1 fully saturated rings. The number of ether oxygens (including phenoxy) is 2. The fourth-order valence-corrected chi connectivity index (χ4v) is 12.7. The first-order valence-electron chi connectivity index (χ1n) is 25.5. The Hall–Kier alpha value is -4.84. The van der Waals surface area contributed by atoms with Crippen LogP contribution in [0.25, 0.3) is 5.57 Å². The minimum absolute atomic E-state index is 0.00113. The van der Waals surface area contributed by atoms with E-state index in [-0.39, 0.29) is 76.5 Å². The molecule has 11 heteroatoms. The molecule has 366 valence electrons. The number of carbonyl (C=O) groups is 3. The summed E-state index contributed by atoms with van der Waals surface area (Å²) in [6.07, 6.45) is 12.4. The molecule has 3 aliphatic carbocycles. The fraction of sp³-hybridized carbons (Fsp3) is 0.579. The number of nitrogens with one attached hydrogen (secondary N) is 2. The molecule has 11 nitrogen and oxygen atoms in total. The van der Waals surface area contributed by atoms with Gasteiger partial charge in [0.2, 0.25) is 5.91 Å². The van der Waals surface area contributed by atoms with Crippen molar-refractivity contribution in [1.29, 1.82) is 5.41 Å². The van der Waals surface area contributed by atoms with Crippen molar-refractivity contribution in [2.75, 3.05) is 71.1 Å². The molecule has 0 saturated carbocycles. The van der Waals surface area contributed by atoms with Crippen molar-refractivity contribution < 1.29 is 29.0 Å². The number of aliphatic hydroxyl groups is 1. The van der Waals surface area contributed by atoms with Crippen LogP contribution in [0.5, 0.6) is 0 Å². The van der Waals surface area contributed by atoms with Crippen LogP contribution in [0, 0.1) is 16.7 Å². The second-order valence-corrected chi connectivity index (χ2v) is 22.2. The molecule has 2 atom stereocenters. The van der Waals surface area contributed by atoms with Gasteiger partial charge in [0.1, 0.15) is 5.76 Å². The van der Waals surface area contributed by atoms with E-state index < -0.39 is 0 Å². The molecule has 2 aromatic carbocycles. The summed E-state index contributed by atoms with van der Waals surface area (Å²) in [6.45, 7) is 23.5. The van der Waals surface area contributed by atoms with E-state index in [4.69, 9.17) is 14.9 Å². The Morgan fingerprint density at radius 2 is 1.68 bits per heavy atom. The predicted octanol–water partition coefficient (Wildman–Crippen LogP) is 9.47. The summed E-state index contributed by atoms with van der Waals surface area (Å²) < 4.78 is 11.3. The number of piperidine rings is 1. The number of hydrogen-bond donors (Lipinski definition) is 3.